The maximum absolute atomic E-state index is 13.1. The largest absolute Gasteiger partial charge is 0.334 e. The number of nitrogens with zero attached hydrogens (tertiary/aromatic N) is 4. The Kier molecular flexibility index (Phi) is 5.99. The van der Waals surface area contributed by atoms with Crippen molar-refractivity contribution in [3.63, 3.8) is 0 Å². The van der Waals surface area contributed by atoms with Crippen molar-refractivity contribution in [1.82, 2.24) is 19.3 Å². The third-order valence-corrected chi connectivity index (χ3v) is 7.22. The fourth-order valence-electron chi connectivity index (χ4n) is 3.61. The van der Waals surface area contributed by atoms with E-state index in [-0.39, 0.29) is 4.90 Å². The molecule has 30 heavy (non-hydrogen) atoms. The summed E-state index contributed by atoms with van der Waals surface area (Å²) in [7, 11) is -3.56. The Hall–Kier alpha value is -2.55. The number of aryl methyl sites for hydroxylation is 1. The maximum Gasteiger partial charge on any atom is 0.258 e. The molecule has 3 aromatic rings. The lowest BCUT2D eigenvalue weighted by atomic mass is 10.1. The molecule has 0 bridgehead atoms. The first-order valence-corrected chi connectivity index (χ1v) is 11.6. The van der Waals surface area contributed by atoms with Crippen LogP contribution in [0.25, 0.3) is 22.8 Å². The van der Waals surface area contributed by atoms with Gasteiger partial charge in [0.2, 0.25) is 15.8 Å². The fourth-order valence-corrected chi connectivity index (χ4v) is 5.08. The van der Waals surface area contributed by atoms with Crippen molar-refractivity contribution < 1.29 is 12.9 Å². The van der Waals surface area contributed by atoms with Gasteiger partial charge in [0, 0.05) is 37.3 Å². The first-order chi connectivity index (χ1) is 14.5. The van der Waals surface area contributed by atoms with E-state index in [2.05, 4.69) is 22.0 Å². The van der Waals surface area contributed by atoms with Crippen LogP contribution >= 0.6 is 0 Å². The topological polar surface area (TPSA) is 79.5 Å². The summed E-state index contributed by atoms with van der Waals surface area (Å²) in [5.74, 6) is 0.778. The Balaban J connectivity index is 1.55. The van der Waals surface area contributed by atoms with E-state index in [1.165, 1.54) is 0 Å². The SMILES string of the molecule is CCCN1CCN(S(=O)(=O)c2cccc(-c3nc(-c4ccc(C)cc4)no3)c2)CC1. The number of benzene rings is 2. The molecule has 2 heterocycles. The van der Waals surface area contributed by atoms with Crippen molar-refractivity contribution in [3.8, 4) is 22.8 Å². The Labute approximate surface area is 177 Å². The molecule has 1 saturated heterocycles. The molecule has 2 aromatic carbocycles. The quantitative estimate of drug-likeness (QED) is 0.601. The van der Waals surface area contributed by atoms with Crippen LogP contribution in [0.2, 0.25) is 0 Å². The molecule has 1 aliphatic rings. The van der Waals surface area contributed by atoms with Gasteiger partial charge in [-0.1, -0.05) is 48.0 Å². The van der Waals surface area contributed by atoms with Crippen molar-refractivity contribution in [3.05, 3.63) is 54.1 Å². The number of piperazine rings is 1. The highest BCUT2D eigenvalue weighted by molar-refractivity contribution is 7.89. The zero-order chi connectivity index (χ0) is 21.1. The molecule has 8 heteroatoms. The summed E-state index contributed by atoms with van der Waals surface area (Å²) in [5, 5.41) is 4.05. The summed E-state index contributed by atoms with van der Waals surface area (Å²) in [4.78, 5) is 7.00. The lowest BCUT2D eigenvalue weighted by molar-refractivity contribution is 0.188. The Bertz CT molecular complexity index is 1100. The molecule has 7 nitrogen and oxygen atoms in total. The third-order valence-electron chi connectivity index (χ3n) is 5.33. The van der Waals surface area contributed by atoms with Crippen molar-refractivity contribution in [1.29, 1.82) is 0 Å². The molecular weight excluding hydrogens is 400 g/mol. The van der Waals surface area contributed by atoms with Crippen LogP contribution in [0.3, 0.4) is 0 Å². The number of hydrogen-bond donors (Lipinski definition) is 0. The van der Waals surface area contributed by atoms with Crippen molar-refractivity contribution in [2.24, 2.45) is 0 Å². The summed E-state index contributed by atoms with van der Waals surface area (Å²) in [5.41, 5.74) is 2.59. The molecule has 158 valence electrons. The highest BCUT2D eigenvalue weighted by Gasteiger charge is 2.28. The Morgan fingerprint density at radius 2 is 1.73 bits per heavy atom. The van der Waals surface area contributed by atoms with Crippen molar-refractivity contribution in [2.75, 3.05) is 32.7 Å². The second kappa shape index (κ2) is 8.67. The highest BCUT2D eigenvalue weighted by Crippen LogP contribution is 2.26. The van der Waals surface area contributed by atoms with Crippen LogP contribution in [0.15, 0.2) is 57.9 Å². The fraction of sp³-hybridized carbons (Fsp3) is 0.364. The van der Waals surface area contributed by atoms with E-state index in [9.17, 15) is 8.42 Å². The lowest BCUT2D eigenvalue weighted by Gasteiger charge is -2.33. The van der Waals surface area contributed by atoms with Gasteiger partial charge in [-0.05, 0) is 38.1 Å². The second-order valence-corrected chi connectivity index (χ2v) is 9.50. The number of sulfonamides is 1. The van der Waals surface area contributed by atoms with E-state index in [4.69, 9.17) is 4.52 Å². The van der Waals surface area contributed by atoms with Crippen LogP contribution < -0.4 is 0 Å². The molecule has 0 saturated carbocycles. The molecule has 0 unspecified atom stereocenters. The normalized spacial score (nSPS) is 16.1. The van der Waals surface area contributed by atoms with Gasteiger partial charge >= 0.3 is 0 Å². The Morgan fingerprint density at radius 3 is 2.43 bits per heavy atom. The molecule has 0 N–H and O–H groups in total. The monoisotopic (exact) mass is 426 g/mol. The van der Waals surface area contributed by atoms with Gasteiger partial charge in [0.25, 0.3) is 5.89 Å². The minimum Gasteiger partial charge on any atom is -0.334 e. The molecule has 0 atom stereocenters. The van der Waals surface area contributed by atoms with E-state index in [0.717, 1.165) is 37.2 Å². The standard InChI is InChI=1S/C22H26N4O3S/c1-3-11-25-12-14-26(15-13-25)30(27,28)20-6-4-5-19(16-20)22-23-21(24-29-22)18-9-7-17(2)8-10-18/h4-10,16H,3,11-15H2,1-2H3. The maximum atomic E-state index is 13.1. The van der Waals surface area contributed by atoms with Gasteiger partial charge in [-0.3, -0.25) is 0 Å². The van der Waals surface area contributed by atoms with Crippen LogP contribution in [-0.4, -0.2) is 60.5 Å². The zero-order valence-corrected chi connectivity index (χ0v) is 18.1. The predicted octanol–water partition coefficient (Wildman–Crippen LogP) is 3.43. The number of hydrogen-bond acceptors (Lipinski definition) is 6. The first-order valence-electron chi connectivity index (χ1n) is 10.2. The van der Waals surface area contributed by atoms with Gasteiger partial charge < -0.3 is 9.42 Å². The van der Waals surface area contributed by atoms with Gasteiger partial charge in [0.15, 0.2) is 0 Å². The van der Waals surface area contributed by atoms with Gasteiger partial charge in [-0.2, -0.15) is 9.29 Å². The number of rotatable bonds is 6. The molecular formula is C22H26N4O3S. The summed E-state index contributed by atoms with van der Waals surface area (Å²) in [6.45, 7) is 7.68. The molecule has 4 rings (SSSR count). The highest BCUT2D eigenvalue weighted by atomic mass is 32.2. The average molecular weight is 427 g/mol. The zero-order valence-electron chi connectivity index (χ0n) is 17.3. The van der Waals surface area contributed by atoms with E-state index in [1.54, 1.807) is 28.6 Å². The summed E-state index contributed by atoms with van der Waals surface area (Å²) in [6, 6.07) is 14.6. The average Bonchev–Trinajstić information content (AvgIpc) is 3.25. The first kappa shape index (κ1) is 20.7. The number of aromatic nitrogens is 2. The molecule has 0 amide bonds. The van der Waals surface area contributed by atoms with E-state index < -0.39 is 10.0 Å². The molecule has 1 aliphatic heterocycles. The van der Waals surface area contributed by atoms with Crippen LogP contribution in [-0.2, 0) is 10.0 Å². The van der Waals surface area contributed by atoms with Crippen LogP contribution in [0.5, 0.6) is 0 Å². The van der Waals surface area contributed by atoms with E-state index in [0.29, 0.717) is 30.4 Å². The Morgan fingerprint density at radius 1 is 1.00 bits per heavy atom. The molecule has 1 fully saturated rings. The molecule has 1 aromatic heterocycles. The van der Waals surface area contributed by atoms with Gasteiger partial charge in [0.1, 0.15) is 0 Å². The van der Waals surface area contributed by atoms with Crippen LogP contribution in [0, 0.1) is 6.92 Å². The third kappa shape index (κ3) is 4.30. The van der Waals surface area contributed by atoms with Crippen molar-refractivity contribution >= 4 is 10.0 Å². The molecule has 0 spiro atoms. The van der Waals surface area contributed by atoms with Gasteiger partial charge in [-0.15, -0.1) is 0 Å². The smallest absolute Gasteiger partial charge is 0.258 e. The second-order valence-electron chi connectivity index (χ2n) is 7.56. The summed E-state index contributed by atoms with van der Waals surface area (Å²) < 4.78 is 33.2. The predicted molar refractivity (Wildman–Crippen MR) is 115 cm³/mol. The minimum atomic E-state index is -3.56. The van der Waals surface area contributed by atoms with E-state index in [1.807, 2.05) is 31.2 Å². The summed E-state index contributed by atoms with van der Waals surface area (Å²) in [6.07, 6.45) is 1.07. The summed E-state index contributed by atoms with van der Waals surface area (Å²) >= 11 is 0. The van der Waals surface area contributed by atoms with E-state index >= 15 is 0 Å². The van der Waals surface area contributed by atoms with Gasteiger partial charge in [-0.25, -0.2) is 8.42 Å². The molecule has 0 aliphatic carbocycles. The van der Waals surface area contributed by atoms with Crippen LogP contribution in [0.1, 0.15) is 18.9 Å². The van der Waals surface area contributed by atoms with Crippen LogP contribution in [0.4, 0.5) is 0 Å². The minimum absolute atomic E-state index is 0.249. The van der Waals surface area contributed by atoms with Crippen molar-refractivity contribution in [2.45, 2.75) is 25.2 Å². The van der Waals surface area contributed by atoms with Gasteiger partial charge in [0.05, 0.1) is 4.90 Å². The molecule has 0 radical (unpaired) electrons. The lowest BCUT2D eigenvalue weighted by Crippen LogP contribution is -2.48.